The second-order valence-electron chi connectivity index (χ2n) is 4.61. The van der Waals surface area contributed by atoms with Crippen LogP contribution in [0.4, 0.5) is 5.82 Å². The Kier molecular flexibility index (Phi) is 2.48. The first kappa shape index (κ1) is 10.5. The molecule has 2 N–H and O–H groups in total. The minimum atomic E-state index is 0.236. The van der Waals surface area contributed by atoms with Gasteiger partial charge in [-0.05, 0) is 31.4 Å². The molecule has 0 bridgehead atoms. The highest BCUT2D eigenvalue weighted by Crippen LogP contribution is 2.27. The third-order valence-electron chi connectivity index (χ3n) is 3.27. The number of hydrogen-bond donors (Lipinski definition) is 2. The molecule has 3 rings (SSSR count). The lowest BCUT2D eigenvalue weighted by Gasteiger charge is -2.24. The fraction of sp³-hybridized carbons (Fsp3) is 0.500. The molecule has 17 heavy (non-hydrogen) atoms. The van der Waals surface area contributed by atoms with Gasteiger partial charge in [0.15, 0.2) is 5.65 Å². The highest BCUT2D eigenvalue weighted by molar-refractivity contribution is 5.87. The van der Waals surface area contributed by atoms with Crippen LogP contribution in [0.3, 0.4) is 0 Å². The van der Waals surface area contributed by atoms with E-state index in [9.17, 15) is 0 Å². The SMILES string of the molecule is Cc1ccc2c3n(nc2n1)CC(CCO)CN3. The van der Waals surface area contributed by atoms with E-state index >= 15 is 0 Å². The van der Waals surface area contributed by atoms with Gasteiger partial charge in [-0.25, -0.2) is 9.67 Å². The topological polar surface area (TPSA) is 63.0 Å². The highest BCUT2D eigenvalue weighted by Gasteiger charge is 2.21. The number of anilines is 1. The monoisotopic (exact) mass is 232 g/mol. The summed E-state index contributed by atoms with van der Waals surface area (Å²) in [5.74, 6) is 1.50. The van der Waals surface area contributed by atoms with Crippen LogP contribution in [0.2, 0.25) is 0 Å². The van der Waals surface area contributed by atoms with Gasteiger partial charge in [0, 0.05) is 25.4 Å². The van der Waals surface area contributed by atoms with Gasteiger partial charge in [0.1, 0.15) is 5.82 Å². The predicted octanol–water partition coefficient (Wildman–Crippen LogP) is 1.16. The van der Waals surface area contributed by atoms with Crippen molar-refractivity contribution in [1.82, 2.24) is 14.8 Å². The Morgan fingerprint density at radius 1 is 1.53 bits per heavy atom. The number of aryl methyl sites for hydroxylation is 1. The van der Waals surface area contributed by atoms with Crippen LogP contribution in [-0.2, 0) is 6.54 Å². The van der Waals surface area contributed by atoms with E-state index in [0.717, 1.165) is 42.1 Å². The summed E-state index contributed by atoms with van der Waals surface area (Å²) >= 11 is 0. The first-order chi connectivity index (χ1) is 8.28. The van der Waals surface area contributed by atoms with Crippen LogP contribution in [0.15, 0.2) is 12.1 Å². The molecule has 0 amide bonds. The van der Waals surface area contributed by atoms with Crippen molar-refractivity contribution in [3.05, 3.63) is 17.8 Å². The molecule has 0 saturated carbocycles. The lowest BCUT2D eigenvalue weighted by Crippen LogP contribution is -2.28. The molecule has 0 fully saturated rings. The minimum absolute atomic E-state index is 0.236. The van der Waals surface area contributed by atoms with Gasteiger partial charge in [0.25, 0.3) is 0 Å². The van der Waals surface area contributed by atoms with Crippen LogP contribution in [0.5, 0.6) is 0 Å². The van der Waals surface area contributed by atoms with Crippen LogP contribution >= 0.6 is 0 Å². The molecular weight excluding hydrogens is 216 g/mol. The van der Waals surface area contributed by atoms with E-state index in [0.29, 0.717) is 5.92 Å². The summed E-state index contributed by atoms with van der Waals surface area (Å²) in [6, 6.07) is 4.07. The van der Waals surface area contributed by atoms with Crippen LogP contribution in [0, 0.1) is 12.8 Å². The van der Waals surface area contributed by atoms with Crippen molar-refractivity contribution in [2.45, 2.75) is 19.9 Å². The van der Waals surface area contributed by atoms with E-state index in [1.165, 1.54) is 0 Å². The average Bonchev–Trinajstić information content (AvgIpc) is 2.65. The maximum Gasteiger partial charge on any atom is 0.183 e. The van der Waals surface area contributed by atoms with E-state index in [1.807, 2.05) is 17.7 Å². The molecule has 5 heteroatoms. The molecule has 3 heterocycles. The summed E-state index contributed by atoms with van der Waals surface area (Å²) < 4.78 is 1.97. The lowest BCUT2D eigenvalue weighted by molar-refractivity contribution is 0.245. The summed E-state index contributed by atoms with van der Waals surface area (Å²) in [7, 11) is 0. The molecule has 5 nitrogen and oxygen atoms in total. The third-order valence-corrected chi connectivity index (χ3v) is 3.27. The van der Waals surface area contributed by atoms with Crippen molar-refractivity contribution in [3.8, 4) is 0 Å². The number of aliphatic hydroxyl groups is 1. The Bertz CT molecular complexity index is 549. The summed E-state index contributed by atoms with van der Waals surface area (Å²) in [6.45, 7) is 3.97. The number of aromatic nitrogens is 3. The van der Waals surface area contributed by atoms with Gasteiger partial charge in [0.2, 0.25) is 0 Å². The average molecular weight is 232 g/mol. The molecule has 90 valence electrons. The third kappa shape index (κ3) is 1.76. The van der Waals surface area contributed by atoms with E-state index in [2.05, 4.69) is 21.5 Å². The van der Waals surface area contributed by atoms with E-state index in [4.69, 9.17) is 5.11 Å². The molecule has 0 aliphatic carbocycles. The van der Waals surface area contributed by atoms with Crippen LogP contribution in [0.25, 0.3) is 11.0 Å². The Morgan fingerprint density at radius 2 is 2.41 bits per heavy atom. The Hall–Kier alpha value is -1.62. The van der Waals surface area contributed by atoms with Gasteiger partial charge in [0.05, 0.1) is 5.39 Å². The number of aliphatic hydroxyl groups excluding tert-OH is 1. The van der Waals surface area contributed by atoms with E-state index < -0.39 is 0 Å². The fourth-order valence-corrected chi connectivity index (χ4v) is 2.35. The minimum Gasteiger partial charge on any atom is -0.396 e. The van der Waals surface area contributed by atoms with Crippen molar-refractivity contribution in [3.63, 3.8) is 0 Å². The molecule has 1 aliphatic rings. The van der Waals surface area contributed by atoms with Crippen molar-refractivity contribution < 1.29 is 5.11 Å². The van der Waals surface area contributed by atoms with Gasteiger partial charge in [-0.15, -0.1) is 0 Å². The number of nitrogens with zero attached hydrogens (tertiary/aromatic N) is 3. The number of pyridine rings is 1. The predicted molar refractivity (Wildman–Crippen MR) is 65.9 cm³/mol. The number of rotatable bonds is 2. The first-order valence-electron chi connectivity index (χ1n) is 5.97. The summed E-state index contributed by atoms with van der Waals surface area (Å²) in [4.78, 5) is 4.43. The maximum atomic E-state index is 8.97. The van der Waals surface area contributed by atoms with Gasteiger partial charge in [-0.2, -0.15) is 5.10 Å². The zero-order valence-electron chi connectivity index (χ0n) is 9.85. The quantitative estimate of drug-likeness (QED) is 0.815. The van der Waals surface area contributed by atoms with Gasteiger partial charge >= 0.3 is 0 Å². The maximum absolute atomic E-state index is 8.97. The van der Waals surface area contributed by atoms with Crippen molar-refractivity contribution in [1.29, 1.82) is 0 Å². The fourth-order valence-electron chi connectivity index (χ4n) is 2.35. The largest absolute Gasteiger partial charge is 0.396 e. The van der Waals surface area contributed by atoms with Crippen molar-refractivity contribution in [2.24, 2.45) is 5.92 Å². The number of hydrogen-bond acceptors (Lipinski definition) is 4. The molecular formula is C12H16N4O. The lowest BCUT2D eigenvalue weighted by atomic mass is 10.0. The molecule has 2 aromatic rings. The second-order valence-corrected chi connectivity index (χ2v) is 4.61. The normalized spacial score (nSPS) is 19.1. The van der Waals surface area contributed by atoms with E-state index in [-0.39, 0.29) is 6.61 Å². The van der Waals surface area contributed by atoms with Crippen molar-refractivity contribution in [2.75, 3.05) is 18.5 Å². The first-order valence-corrected chi connectivity index (χ1v) is 5.97. The van der Waals surface area contributed by atoms with Gasteiger partial charge in [-0.1, -0.05) is 0 Å². The Balaban J connectivity index is 2.01. The summed E-state index contributed by atoms with van der Waals surface area (Å²) in [5.41, 5.74) is 1.79. The van der Waals surface area contributed by atoms with Crippen LogP contribution in [-0.4, -0.2) is 33.0 Å². The summed E-state index contributed by atoms with van der Waals surface area (Å²) in [5, 5.41) is 18.0. The van der Waals surface area contributed by atoms with Gasteiger partial charge in [-0.3, -0.25) is 0 Å². The summed E-state index contributed by atoms with van der Waals surface area (Å²) in [6.07, 6.45) is 0.815. The van der Waals surface area contributed by atoms with Gasteiger partial charge < -0.3 is 10.4 Å². The molecule has 1 unspecified atom stereocenters. The second kappa shape index (κ2) is 4.00. The zero-order chi connectivity index (χ0) is 11.8. The molecule has 0 spiro atoms. The van der Waals surface area contributed by atoms with E-state index in [1.54, 1.807) is 0 Å². The highest BCUT2D eigenvalue weighted by atomic mass is 16.3. The van der Waals surface area contributed by atoms with Crippen LogP contribution in [0.1, 0.15) is 12.1 Å². The molecule has 0 saturated heterocycles. The Labute approximate surface area is 99.5 Å². The zero-order valence-corrected chi connectivity index (χ0v) is 9.85. The Morgan fingerprint density at radius 3 is 3.24 bits per heavy atom. The molecule has 1 aliphatic heterocycles. The number of nitrogens with one attached hydrogen (secondary N) is 1. The van der Waals surface area contributed by atoms with Crippen molar-refractivity contribution >= 4 is 16.9 Å². The standard InChI is InChI=1S/C12H16N4O/c1-8-2-3-10-11(14-8)15-16-7-9(4-5-17)6-13-12(10)16/h2-3,9,13,17H,4-7H2,1H3. The smallest absolute Gasteiger partial charge is 0.183 e. The van der Waals surface area contributed by atoms with Crippen LogP contribution < -0.4 is 5.32 Å². The molecule has 0 aromatic carbocycles. The number of fused-ring (bicyclic) bond motifs is 3. The molecule has 1 atom stereocenters. The molecule has 0 radical (unpaired) electrons. The molecule has 2 aromatic heterocycles.